The third-order valence-corrected chi connectivity index (χ3v) is 4.31. The van der Waals surface area contributed by atoms with Crippen molar-refractivity contribution in [3.63, 3.8) is 0 Å². The third-order valence-electron chi connectivity index (χ3n) is 4.03. The Hall–Kier alpha value is -2.20. The van der Waals surface area contributed by atoms with Gasteiger partial charge < -0.3 is 14.4 Å². The number of nitrogens with zero attached hydrogens (tertiary/aromatic N) is 1. The summed E-state index contributed by atoms with van der Waals surface area (Å²) in [7, 11) is 1.78. The molecule has 1 unspecified atom stereocenters. The number of hydrogen-bond donors (Lipinski definition) is 0. The Morgan fingerprint density at radius 3 is 2.61 bits per heavy atom. The van der Waals surface area contributed by atoms with Crippen LogP contribution in [-0.2, 0) is 0 Å². The Morgan fingerprint density at radius 2 is 1.87 bits per heavy atom. The van der Waals surface area contributed by atoms with Crippen molar-refractivity contribution in [1.82, 2.24) is 4.90 Å². The van der Waals surface area contributed by atoms with Crippen LogP contribution in [0.1, 0.15) is 28.9 Å². The van der Waals surface area contributed by atoms with Gasteiger partial charge in [-0.2, -0.15) is 0 Å². The van der Waals surface area contributed by atoms with Crippen molar-refractivity contribution in [2.75, 3.05) is 20.3 Å². The van der Waals surface area contributed by atoms with E-state index in [9.17, 15) is 4.79 Å². The van der Waals surface area contributed by atoms with Crippen LogP contribution < -0.4 is 9.47 Å². The highest BCUT2D eigenvalue weighted by Crippen LogP contribution is 2.38. The van der Waals surface area contributed by atoms with Crippen LogP contribution in [0.15, 0.2) is 42.5 Å². The molecule has 1 atom stereocenters. The van der Waals surface area contributed by atoms with Crippen LogP contribution in [0.3, 0.4) is 0 Å². The lowest BCUT2D eigenvalue weighted by Crippen LogP contribution is -2.29. The number of fused-ring (bicyclic) bond motifs is 1. The number of carbonyl (C=O) groups excluding carboxylic acids is 1. The second-order valence-corrected chi connectivity index (χ2v) is 5.89. The normalized spacial score (nSPS) is 14.2. The summed E-state index contributed by atoms with van der Waals surface area (Å²) >= 11 is 6.22. The minimum atomic E-state index is -0.111. The Labute approximate surface area is 140 Å². The van der Waals surface area contributed by atoms with E-state index in [1.807, 2.05) is 37.3 Å². The second kappa shape index (κ2) is 6.50. The maximum atomic E-state index is 12.8. The van der Waals surface area contributed by atoms with Crippen molar-refractivity contribution in [1.29, 1.82) is 0 Å². The molecule has 4 nitrogen and oxygen atoms in total. The van der Waals surface area contributed by atoms with Gasteiger partial charge in [0.1, 0.15) is 13.2 Å². The number of carbonyl (C=O) groups is 1. The van der Waals surface area contributed by atoms with Gasteiger partial charge in [-0.25, -0.2) is 0 Å². The van der Waals surface area contributed by atoms with E-state index in [0.717, 1.165) is 5.56 Å². The molecule has 0 N–H and O–H groups in total. The second-order valence-electron chi connectivity index (χ2n) is 5.48. The summed E-state index contributed by atoms with van der Waals surface area (Å²) in [6.07, 6.45) is 0. The lowest BCUT2D eigenvalue weighted by atomic mass is 10.1. The summed E-state index contributed by atoms with van der Waals surface area (Å²) < 4.78 is 11.0. The standard InChI is InChI=1S/C18H18ClNO3/c1-12(13-6-4-3-5-7-13)20(2)18(21)14-10-15(19)17-16(11-14)22-8-9-23-17/h3-7,10-12H,8-9H2,1-2H3. The predicted octanol–water partition coefficient (Wildman–Crippen LogP) is 3.94. The Balaban J connectivity index is 1.86. The third kappa shape index (κ3) is 3.13. The zero-order valence-corrected chi connectivity index (χ0v) is 13.8. The smallest absolute Gasteiger partial charge is 0.254 e. The first kappa shape index (κ1) is 15.7. The average molecular weight is 332 g/mol. The van der Waals surface area contributed by atoms with E-state index in [1.54, 1.807) is 24.1 Å². The zero-order valence-electron chi connectivity index (χ0n) is 13.1. The van der Waals surface area contributed by atoms with Crippen molar-refractivity contribution in [2.45, 2.75) is 13.0 Å². The number of ether oxygens (including phenoxy) is 2. The molecule has 1 amide bonds. The van der Waals surface area contributed by atoms with Crippen molar-refractivity contribution in [3.05, 3.63) is 58.6 Å². The van der Waals surface area contributed by atoms with Crippen LogP contribution in [-0.4, -0.2) is 31.1 Å². The van der Waals surface area contributed by atoms with Gasteiger partial charge in [0.15, 0.2) is 11.5 Å². The van der Waals surface area contributed by atoms with Crippen LogP contribution in [0, 0.1) is 0 Å². The minimum absolute atomic E-state index is 0.0457. The highest BCUT2D eigenvalue weighted by atomic mass is 35.5. The predicted molar refractivity (Wildman–Crippen MR) is 89.4 cm³/mol. The SMILES string of the molecule is CC(c1ccccc1)N(C)C(=O)c1cc(Cl)c2c(c1)OCCO2. The molecule has 0 bridgehead atoms. The molecular formula is C18H18ClNO3. The van der Waals surface area contributed by atoms with Gasteiger partial charge in [-0.05, 0) is 24.6 Å². The molecule has 1 aliphatic heterocycles. The number of halogens is 1. The molecule has 2 aromatic rings. The molecule has 120 valence electrons. The number of rotatable bonds is 3. The van der Waals surface area contributed by atoms with Crippen LogP contribution in [0.25, 0.3) is 0 Å². The largest absolute Gasteiger partial charge is 0.486 e. The van der Waals surface area contributed by atoms with Gasteiger partial charge in [0.25, 0.3) is 5.91 Å². The molecule has 3 rings (SSSR count). The van der Waals surface area contributed by atoms with Crippen molar-refractivity contribution in [3.8, 4) is 11.5 Å². The summed E-state index contributed by atoms with van der Waals surface area (Å²) in [5.74, 6) is 0.918. The van der Waals surface area contributed by atoms with Gasteiger partial charge in [0.2, 0.25) is 0 Å². The maximum absolute atomic E-state index is 12.8. The van der Waals surface area contributed by atoms with Gasteiger partial charge in [-0.1, -0.05) is 41.9 Å². The molecule has 0 aliphatic carbocycles. The van der Waals surface area contributed by atoms with E-state index in [0.29, 0.717) is 35.3 Å². The molecule has 5 heteroatoms. The molecule has 0 spiro atoms. The van der Waals surface area contributed by atoms with Crippen LogP contribution in [0.2, 0.25) is 5.02 Å². The molecule has 1 heterocycles. The van der Waals surface area contributed by atoms with Crippen LogP contribution in [0.5, 0.6) is 11.5 Å². The van der Waals surface area contributed by atoms with Crippen molar-refractivity contribution >= 4 is 17.5 Å². The fourth-order valence-corrected chi connectivity index (χ4v) is 2.83. The summed E-state index contributed by atoms with van der Waals surface area (Å²) in [5, 5.41) is 0.395. The zero-order chi connectivity index (χ0) is 16.4. The summed E-state index contributed by atoms with van der Waals surface area (Å²) in [6.45, 7) is 2.91. The first-order valence-corrected chi connectivity index (χ1v) is 7.87. The van der Waals surface area contributed by atoms with Gasteiger partial charge in [-0.15, -0.1) is 0 Å². The lowest BCUT2D eigenvalue weighted by Gasteiger charge is -2.26. The number of hydrogen-bond acceptors (Lipinski definition) is 3. The maximum Gasteiger partial charge on any atom is 0.254 e. The Morgan fingerprint density at radius 1 is 1.17 bits per heavy atom. The lowest BCUT2D eigenvalue weighted by molar-refractivity contribution is 0.0741. The monoisotopic (exact) mass is 331 g/mol. The van der Waals surface area contributed by atoms with E-state index < -0.39 is 0 Å². The van der Waals surface area contributed by atoms with Crippen LogP contribution in [0.4, 0.5) is 0 Å². The van der Waals surface area contributed by atoms with E-state index in [-0.39, 0.29) is 11.9 Å². The summed E-state index contributed by atoms with van der Waals surface area (Å²) in [5.41, 5.74) is 1.57. The first-order chi connectivity index (χ1) is 11.1. The van der Waals surface area contributed by atoms with Gasteiger partial charge in [0, 0.05) is 12.6 Å². The van der Waals surface area contributed by atoms with Crippen molar-refractivity contribution in [2.24, 2.45) is 0 Å². The van der Waals surface area contributed by atoms with E-state index in [1.165, 1.54) is 0 Å². The molecule has 2 aromatic carbocycles. The van der Waals surface area contributed by atoms with Gasteiger partial charge >= 0.3 is 0 Å². The summed E-state index contributed by atoms with van der Waals surface area (Å²) in [4.78, 5) is 14.5. The Kier molecular flexibility index (Phi) is 4.44. The highest BCUT2D eigenvalue weighted by molar-refractivity contribution is 6.32. The van der Waals surface area contributed by atoms with Gasteiger partial charge in [0.05, 0.1) is 11.1 Å². The number of benzene rings is 2. The molecule has 0 saturated heterocycles. The topological polar surface area (TPSA) is 38.8 Å². The van der Waals surface area contributed by atoms with E-state index >= 15 is 0 Å². The first-order valence-electron chi connectivity index (χ1n) is 7.49. The summed E-state index contributed by atoms with van der Waals surface area (Å²) in [6, 6.07) is 13.2. The number of amides is 1. The van der Waals surface area contributed by atoms with Crippen LogP contribution >= 0.6 is 11.6 Å². The van der Waals surface area contributed by atoms with Gasteiger partial charge in [-0.3, -0.25) is 4.79 Å². The van der Waals surface area contributed by atoms with E-state index in [2.05, 4.69) is 0 Å². The molecule has 0 fully saturated rings. The molecule has 1 aliphatic rings. The Bertz CT molecular complexity index is 718. The molecular weight excluding hydrogens is 314 g/mol. The fraction of sp³-hybridized carbons (Fsp3) is 0.278. The average Bonchev–Trinajstić information content (AvgIpc) is 2.60. The molecule has 0 saturated carbocycles. The fourth-order valence-electron chi connectivity index (χ4n) is 2.57. The molecule has 0 aromatic heterocycles. The van der Waals surface area contributed by atoms with Crippen molar-refractivity contribution < 1.29 is 14.3 Å². The minimum Gasteiger partial charge on any atom is -0.486 e. The molecule has 0 radical (unpaired) electrons. The quantitative estimate of drug-likeness (QED) is 0.855. The highest BCUT2D eigenvalue weighted by Gasteiger charge is 2.23. The van der Waals surface area contributed by atoms with E-state index in [4.69, 9.17) is 21.1 Å². The molecule has 23 heavy (non-hydrogen) atoms.